The Balaban J connectivity index is 1.82. The molecule has 21 heavy (non-hydrogen) atoms. The highest BCUT2D eigenvalue weighted by Crippen LogP contribution is 2.19. The van der Waals surface area contributed by atoms with Crippen LogP contribution in [-0.2, 0) is 16.0 Å². The Bertz CT molecular complexity index is 637. The summed E-state index contributed by atoms with van der Waals surface area (Å²) in [4.78, 5) is 23.2. The van der Waals surface area contributed by atoms with E-state index in [4.69, 9.17) is 9.63 Å². The summed E-state index contributed by atoms with van der Waals surface area (Å²) in [6, 6.07) is 8.74. The topological polar surface area (TPSA) is 92.4 Å². The number of nitrogens with zero attached hydrogens (tertiary/aromatic N) is 1. The second-order valence-electron chi connectivity index (χ2n) is 4.37. The van der Waals surface area contributed by atoms with Gasteiger partial charge in [-0.05, 0) is 24.6 Å². The van der Waals surface area contributed by atoms with Crippen LogP contribution in [0.15, 0.2) is 39.8 Å². The first kappa shape index (κ1) is 15.1. The Morgan fingerprint density at radius 1 is 1.33 bits per heavy atom. The summed E-state index contributed by atoms with van der Waals surface area (Å²) in [5, 5.41) is 15.0. The zero-order chi connectivity index (χ0) is 15.2. The summed E-state index contributed by atoms with van der Waals surface area (Å²) >= 11 is 1.36. The molecular formula is C14H14N2O4S. The fourth-order valence-electron chi connectivity index (χ4n) is 1.63. The molecule has 2 aromatic rings. The highest BCUT2D eigenvalue weighted by atomic mass is 32.2. The lowest BCUT2D eigenvalue weighted by Gasteiger charge is -2.03. The van der Waals surface area contributed by atoms with E-state index in [2.05, 4.69) is 10.5 Å². The average Bonchev–Trinajstić information content (AvgIpc) is 2.83. The molecule has 0 aliphatic heterocycles. The van der Waals surface area contributed by atoms with Gasteiger partial charge in [0.2, 0.25) is 5.91 Å². The van der Waals surface area contributed by atoms with Gasteiger partial charge in [0.15, 0.2) is 5.82 Å². The molecule has 7 heteroatoms. The number of thioether (sulfide) groups is 1. The monoisotopic (exact) mass is 306 g/mol. The van der Waals surface area contributed by atoms with Gasteiger partial charge in [0.25, 0.3) is 0 Å². The molecule has 0 saturated carbocycles. The van der Waals surface area contributed by atoms with Gasteiger partial charge in [-0.2, -0.15) is 0 Å². The Hall–Kier alpha value is -2.28. The number of carboxylic acids is 1. The summed E-state index contributed by atoms with van der Waals surface area (Å²) in [5.74, 6) is 0.229. The van der Waals surface area contributed by atoms with E-state index in [0.717, 1.165) is 10.5 Å². The number of aromatic nitrogens is 1. The summed E-state index contributed by atoms with van der Waals surface area (Å²) in [7, 11) is 0. The van der Waals surface area contributed by atoms with E-state index >= 15 is 0 Å². The van der Waals surface area contributed by atoms with E-state index in [1.807, 2.05) is 0 Å². The lowest BCUT2D eigenvalue weighted by atomic mass is 10.2. The molecule has 0 bridgehead atoms. The molecule has 0 atom stereocenters. The number of carboxylic acid groups (broad SMARTS) is 1. The fourth-order valence-corrected chi connectivity index (χ4v) is 2.33. The number of aliphatic carboxylic acids is 1. The first-order chi connectivity index (χ1) is 10.0. The third kappa shape index (κ3) is 4.96. The molecule has 2 N–H and O–H groups in total. The maximum Gasteiger partial charge on any atom is 0.307 e. The van der Waals surface area contributed by atoms with Crippen LogP contribution in [0.1, 0.15) is 11.3 Å². The molecule has 0 fully saturated rings. The third-order valence-electron chi connectivity index (χ3n) is 2.54. The molecule has 110 valence electrons. The fraction of sp³-hybridized carbons (Fsp3) is 0.214. The minimum absolute atomic E-state index is 0.00303. The van der Waals surface area contributed by atoms with Crippen LogP contribution in [0.5, 0.6) is 0 Å². The van der Waals surface area contributed by atoms with Gasteiger partial charge in [0.1, 0.15) is 5.76 Å². The molecule has 2 rings (SSSR count). The zero-order valence-corrected chi connectivity index (χ0v) is 12.1. The second kappa shape index (κ2) is 6.94. The van der Waals surface area contributed by atoms with Crippen molar-refractivity contribution in [2.75, 3.05) is 11.1 Å². The van der Waals surface area contributed by atoms with Gasteiger partial charge in [-0.15, -0.1) is 11.8 Å². The number of hydrogen-bond acceptors (Lipinski definition) is 5. The molecule has 6 nitrogen and oxygen atoms in total. The van der Waals surface area contributed by atoms with Gasteiger partial charge in [0, 0.05) is 11.0 Å². The number of carbonyl (C=O) groups is 2. The summed E-state index contributed by atoms with van der Waals surface area (Å²) in [5.41, 5.74) is 0.731. The van der Waals surface area contributed by atoms with Crippen LogP contribution in [0, 0.1) is 6.92 Å². The van der Waals surface area contributed by atoms with Crippen molar-refractivity contribution in [2.45, 2.75) is 18.2 Å². The van der Waals surface area contributed by atoms with Gasteiger partial charge < -0.3 is 14.9 Å². The minimum atomic E-state index is -0.863. The molecule has 1 heterocycles. The Kier molecular flexibility index (Phi) is 4.99. The average molecular weight is 306 g/mol. The first-order valence-electron chi connectivity index (χ1n) is 6.19. The standard InChI is InChI=1S/C14H14N2O4S/c1-9-6-12(16-20-9)15-13(17)8-21-11-4-2-10(3-5-11)7-14(18)19/h2-6H,7-8H2,1H3,(H,18,19)(H,15,16,17). The van der Waals surface area contributed by atoms with E-state index in [9.17, 15) is 9.59 Å². The lowest BCUT2D eigenvalue weighted by Crippen LogP contribution is -2.14. The highest BCUT2D eigenvalue weighted by molar-refractivity contribution is 8.00. The van der Waals surface area contributed by atoms with Gasteiger partial charge in [-0.3, -0.25) is 9.59 Å². The largest absolute Gasteiger partial charge is 0.481 e. The predicted molar refractivity (Wildman–Crippen MR) is 78.4 cm³/mol. The maximum absolute atomic E-state index is 11.7. The predicted octanol–water partition coefficient (Wildman–Crippen LogP) is 2.34. The molecule has 0 aliphatic carbocycles. The molecule has 0 aliphatic rings. The molecule has 1 aromatic heterocycles. The van der Waals surface area contributed by atoms with E-state index in [-0.39, 0.29) is 18.1 Å². The molecule has 0 unspecified atom stereocenters. The maximum atomic E-state index is 11.7. The third-order valence-corrected chi connectivity index (χ3v) is 3.56. The van der Waals surface area contributed by atoms with E-state index in [0.29, 0.717) is 11.6 Å². The number of aryl methyl sites for hydroxylation is 1. The van der Waals surface area contributed by atoms with Crippen molar-refractivity contribution in [3.63, 3.8) is 0 Å². The summed E-state index contributed by atoms with van der Waals surface area (Å²) in [6.45, 7) is 1.75. The molecule has 0 saturated heterocycles. The Morgan fingerprint density at radius 3 is 2.62 bits per heavy atom. The first-order valence-corrected chi connectivity index (χ1v) is 7.18. The van der Waals surface area contributed by atoms with Crippen LogP contribution in [-0.4, -0.2) is 27.9 Å². The van der Waals surface area contributed by atoms with E-state index in [1.54, 1.807) is 37.3 Å². The number of rotatable bonds is 6. The number of anilines is 1. The molecule has 0 spiro atoms. The Labute approximate surface area is 125 Å². The highest BCUT2D eigenvalue weighted by Gasteiger charge is 2.07. The molecule has 1 aromatic carbocycles. The second-order valence-corrected chi connectivity index (χ2v) is 5.42. The smallest absolute Gasteiger partial charge is 0.307 e. The van der Waals surface area contributed by atoms with Crippen molar-refractivity contribution >= 4 is 29.5 Å². The normalized spacial score (nSPS) is 10.3. The van der Waals surface area contributed by atoms with Crippen LogP contribution in [0.25, 0.3) is 0 Å². The van der Waals surface area contributed by atoms with Crippen LogP contribution >= 0.6 is 11.8 Å². The Morgan fingerprint density at radius 2 is 2.05 bits per heavy atom. The number of benzene rings is 1. The van der Waals surface area contributed by atoms with Crippen molar-refractivity contribution in [3.8, 4) is 0 Å². The van der Waals surface area contributed by atoms with Crippen LogP contribution < -0.4 is 5.32 Å². The van der Waals surface area contributed by atoms with Gasteiger partial charge in [-0.1, -0.05) is 17.3 Å². The van der Waals surface area contributed by atoms with Gasteiger partial charge >= 0.3 is 5.97 Å². The number of carbonyl (C=O) groups excluding carboxylic acids is 1. The van der Waals surface area contributed by atoms with Crippen LogP contribution in [0.4, 0.5) is 5.82 Å². The number of nitrogens with one attached hydrogen (secondary N) is 1. The SMILES string of the molecule is Cc1cc(NC(=O)CSc2ccc(CC(=O)O)cc2)no1. The van der Waals surface area contributed by atoms with Crippen molar-refractivity contribution in [1.82, 2.24) is 5.16 Å². The summed E-state index contributed by atoms with van der Waals surface area (Å²) in [6.07, 6.45) is -0.00303. The van der Waals surface area contributed by atoms with Crippen molar-refractivity contribution in [1.29, 1.82) is 0 Å². The molecular weight excluding hydrogens is 292 g/mol. The van der Waals surface area contributed by atoms with Crippen molar-refractivity contribution < 1.29 is 19.2 Å². The van der Waals surface area contributed by atoms with Crippen molar-refractivity contribution in [2.24, 2.45) is 0 Å². The van der Waals surface area contributed by atoms with Gasteiger partial charge in [0.05, 0.1) is 12.2 Å². The number of amides is 1. The van der Waals surface area contributed by atoms with Crippen LogP contribution in [0.3, 0.4) is 0 Å². The van der Waals surface area contributed by atoms with E-state index in [1.165, 1.54) is 11.8 Å². The molecule has 0 radical (unpaired) electrons. The van der Waals surface area contributed by atoms with E-state index < -0.39 is 5.97 Å². The quantitative estimate of drug-likeness (QED) is 0.796. The molecule has 1 amide bonds. The van der Waals surface area contributed by atoms with Gasteiger partial charge in [-0.25, -0.2) is 0 Å². The minimum Gasteiger partial charge on any atom is -0.481 e. The zero-order valence-electron chi connectivity index (χ0n) is 11.3. The lowest BCUT2D eigenvalue weighted by molar-refractivity contribution is -0.136. The van der Waals surface area contributed by atoms with Crippen molar-refractivity contribution in [3.05, 3.63) is 41.7 Å². The van der Waals surface area contributed by atoms with Crippen LogP contribution in [0.2, 0.25) is 0 Å². The number of hydrogen-bond donors (Lipinski definition) is 2. The summed E-state index contributed by atoms with van der Waals surface area (Å²) < 4.78 is 4.85.